The van der Waals surface area contributed by atoms with Crippen molar-refractivity contribution in [1.29, 1.82) is 0 Å². The average Bonchev–Trinajstić information content (AvgIpc) is 2.93. The van der Waals surface area contributed by atoms with E-state index in [9.17, 15) is 9.59 Å². The maximum Gasteiger partial charge on any atom is 0.264 e. The van der Waals surface area contributed by atoms with Crippen LogP contribution in [0.15, 0.2) is 23.7 Å². The zero-order chi connectivity index (χ0) is 14.4. The number of carbonyl (C=O) groups excluding carboxylic acids is 2. The van der Waals surface area contributed by atoms with Gasteiger partial charge in [0.2, 0.25) is 0 Å². The topological polar surface area (TPSA) is 76.3 Å². The lowest BCUT2D eigenvalue weighted by molar-refractivity contribution is 0.0598. The molecule has 0 radical (unpaired) electrons. The van der Waals surface area contributed by atoms with Gasteiger partial charge in [-0.05, 0) is 26.0 Å². The van der Waals surface area contributed by atoms with Gasteiger partial charge in [-0.15, -0.1) is 11.3 Å². The summed E-state index contributed by atoms with van der Waals surface area (Å²) in [6.45, 7) is 3.70. The Hall–Kier alpha value is -2.21. The monoisotopic (exact) mass is 287 g/mol. The molecule has 5 nitrogen and oxygen atoms in total. The Kier molecular flexibility index (Phi) is 2.83. The number of imide groups is 1. The number of nitrogens with zero attached hydrogens (tertiary/aromatic N) is 2. The lowest BCUT2D eigenvalue weighted by atomic mass is 10.1. The van der Waals surface area contributed by atoms with Gasteiger partial charge >= 0.3 is 0 Å². The number of rotatable bonds is 2. The van der Waals surface area contributed by atoms with Gasteiger partial charge in [0.25, 0.3) is 11.8 Å². The number of thiazole rings is 1. The van der Waals surface area contributed by atoms with Crippen molar-refractivity contribution in [2.75, 3.05) is 5.73 Å². The summed E-state index contributed by atoms with van der Waals surface area (Å²) >= 11 is 1.44. The van der Waals surface area contributed by atoms with E-state index in [2.05, 4.69) is 4.98 Å². The second kappa shape index (κ2) is 4.42. The van der Waals surface area contributed by atoms with Gasteiger partial charge in [-0.25, -0.2) is 4.98 Å². The summed E-state index contributed by atoms with van der Waals surface area (Å²) in [5, 5.41) is 0. The van der Waals surface area contributed by atoms with Gasteiger partial charge in [0.15, 0.2) is 0 Å². The molecule has 2 amide bonds. The molecule has 0 aliphatic carbocycles. The molecule has 0 spiro atoms. The number of aryl methyl sites for hydroxylation is 1. The number of fused-ring (bicyclic) bond motifs is 1. The van der Waals surface area contributed by atoms with E-state index in [1.807, 2.05) is 13.8 Å². The van der Waals surface area contributed by atoms with Crippen molar-refractivity contribution in [3.8, 4) is 0 Å². The van der Waals surface area contributed by atoms with E-state index in [4.69, 9.17) is 5.73 Å². The van der Waals surface area contributed by atoms with Crippen LogP contribution in [-0.2, 0) is 0 Å². The van der Waals surface area contributed by atoms with Crippen LogP contribution >= 0.6 is 11.3 Å². The first-order valence-corrected chi connectivity index (χ1v) is 7.06. The maximum atomic E-state index is 12.5. The maximum absolute atomic E-state index is 12.5. The second-order valence-electron chi connectivity index (χ2n) is 4.73. The Labute approximate surface area is 120 Å². The summed E-state index contributed by atoms with van der Waals surface area (Å²) in [7, 11) is 0. The van der Waals surface area contributed by atoms with Crippen LogP contribution < -0.4 is 5.73 Å². The third-order valence-corrected chi connectivity index (χ3v) is 4.63. The summed E-state index contributed by atoms with van der Waals surface area (Å²) in [4.78, 5) is 31.3. The fraction of sp³-hybridized carbons (Fsp3) is 0.214. The van der Waals surface area contributed by atoms with Crippen LogP contribution in [0, 0.1) is 6.92 Å². The highest BCUT2D eigenvalue weighted by Crippen LogP contribution is 2.35. The van der Waals surface area contributed by atoms with Crippen LogP contribution in [0.1, 0.15) is 44.3 Å². The van der Waals surface area contributed by atoms with Gasteiger partial charge in [-0.1, -0.05) is 6.07 Å². The Morgan fingerprint density at radius 1 is 1.30 bits per heavy atom. The molecule has 3 rings (SSSR count). The summed E-state index contributed by atoms with van der Waals surface area (Å²) in [6.07, 6.45) is 0. The molecule has 1 aliphatic rings. The standard InChI is InChI=1S/C14H13N3O2S/c1-7-12(20-6-16-7)8(2)17-13(18)9-4-3-5-10(15)11(9)14(17)19/h3-6,8H,15H2,1-2H3. The molecule has 2 aromatic rings. The van der Waals surface area contributed by atoms with Crippen molar-refractivity contribution >= 4 is 28.8 Å². The highest BCUT2D eigenvalue weighted by molar-refractivity contribution is 7.09. The average molecular weight is 287 g/mol. The van der Waals surface area contributed by atoms with Crippen molar-refractivity contribution in [2.24, 2.45) is 0 Å². The number of hydrogen-bond acceptors (Lipinski definition) is 5. The predicted molar refractivity (Wildman–Crippen MR) is 76.6 cm³/mol. The van der Waals surface area contributed by atoms with E-state index < -0.39 is 0 Å². The minimum Gasteiger partial charge on any atom is -0.398 e. The molecule has 1 aromatic carbocycles. The molecule has 2 N–H and O–H groups in total. The molecule has 0 saturated heterocycles. The smallest absolute Gasteiger partial charge is 0.264 e. The number of anilines is 1. The quantitative estimate of drug-likeness (QED) is 0.679. The van der Waals surface area contributed by atoms with Gasteiger partial charge in [-0.2, -0.15) is 0 Å². The van der Waals surface area contributed by atoms with Gasteiger partial charge in [-0.3, -0.25) is 14.5 Å². The van der Waals surface area contributed by atoms with E-state index in [1.54, 1.807) is 23.7 Å². The third kappa shape index (κ3) is 1.65. The highest BCUT2D eigenvalue weighted by Gasteiger charge is 2.40. The largest absolute Gasteiger partial charge is 0.398 e. The van der Waals surface area contributed by atoms with Crippen LogP contribution in [0.2, 0.25) is 0 Å². The fourth-order valence-corrected chi connectivity index (χ4v) is 3.36. The number of amides is 2. The molecule has 20 heavy (non-hydrogen) atoms. The molecule has 1 atom stereocenters. The molecule has 102 valence electrons. The Morgan fingerprint density at radius 2 is 2.05 bits per heavy atom. The van der Waals surface area contributed by atoms with Crippen molar-refractivity contribution in [1.82, 2.24) is 9.88 Å². The van der Waals surface area contributed by atoms with E-state index in [0.29, 0.717) is 16.8 Å². The molecule has 1 aromatic heterocycles. The summed E-state index contributed by atoms with van der Waals surface area (Å²) in [5.74, 6) is -0.624. The molecule has 0 bridgehead atoms. The normalized spacial score (nSPS) is 15.6. The van der Waals surface area contributed by atoms with Gasteiger partial charge in [0, 0.05) is 5.69 Å². The van der Waals surface area contributed by atoms with Crippen LogP contribution in [0.25, 0.3) is 0 Å². The molecule has 0 saturated carbocycles. The van der Waals surface area contributed by atoms with E-state index >= 15 is 0 Å². The van der Waals surface area contributed by atoms with Crippen molar-refractivity contribution in [3.63, 3.8) is 0 Å². The Bertz CT molecular complexity index is 723. The molecular weight excluding hydrogens is 274 g/mol. The number of nitrogen functional groups attached to an aromatic ring is 1. The fourth-order valence-electron chi connectivity index (χ4n) is 2.51. The number of hydrogen-bond donors (Lipinski definition) is 1. The highest BCUT2D eigenvalue weighted by atomic mass is 32.1. The third-order valence-electron chi connectivity index (χ3n) is 3.53. The van der Waals surface area contributed by atoms with E-state index in [0.717, 1.165) is 10.6 Å². The predicted octanol–water partition coefficient (Wildman–Crippen LogP) is 2.39. The number of aromatic nitrogens is 1. The van der Waals surface area contributed by atoms with Crippen LogP contribution in [0.4, 0.5) is 5.69 Å². The van der Waals surface area contributed by atoms with Gasteiger partial charge < -0.3 is 5.73 Å². The van der Waals surface area contributed by atoms with Crippen molar-refractivity contribution < 1.29 is 9.59 Å². The first kappa shape index (κ1) is 12.8. The lowest BCUT2D eigenvalue weighted by Crippen LogP contribution is -2.32. The zero-order valence-corrected chi connectivity index (χ0v) is 11.9. The molecule has 2 heterocycles. The van der Waals surface area contributed by atoms with Gasteiger partial charge in [0.1, 0.15) is 0 Å². The summed E-state index contributed by atoms with van der Waals surface area (Å²) in [5.41, 5.74) is 9.42. The zero-order valence-electron chi connectivity index (χ0n) is 11.1. The summed E-state index contributed by atoms with van der Waals surface area (Å²) in [6, 6.07) is 4.62. The first-order valence-electron chi connectivity index (χ1n) is 6.18. The Morgan fingerprint density at radius 3 is 2.65 bits per heavy atom. The van der Waals surface area contributed by atoms with Crippen LogP contribution in [0.5, 0.6) is 0 Å². The lowest BCUT2D eigenvalue weighted by Gasteiger charge is -2.21. The van der Waals surface area contributed by atoms with E-state index in [1.165, 1.54) is 16.2 Å². The first-order chi connectivity index (χ1) is 9.52. The molecule has 6 heteroatoms. The van der Waals surface area contributed by atoms with Crippen molar-refractivity contribution in [2.45, 2.75) is 19.9 Å². The number of nitrogens with two attached hydrogens (primary N) is 1. The number of carbonyl (C=O) groups is 2. The van der Waals surface area contributed by atoms with E-state index in [-0.39, 0.29) is 17.9 Å². The molecule has 1 unspecified atom stereocenters. The van der Waals surface area contributed by atoms with Gasteiger partial charge in [0.05, 0.1) is 33.3 Å². The molecule has 1 aliphatic heterocycles. The van der Waals surface area contributed by atoms with Crippen LogP contribution in [0.3, 0.4) is 0 Å². The second-order valence-corrected chi connectivity index (χ2v) is 5.61. The molecule has 0 fully saturated rings. The minimum atomic E-state index is -0.339. The van der Waals surface area contributed by atoms with Crippen LogP contribution in [-0.4, -0.2) is 21.7 Å². The Balaban J connectivity index is 2.06. The molecular formula is C14H13N3O2S. The number of benzene rings is 1. The minimum absolute atomic E-state index is 0.294. The van der Waals surface area contributed by atoms with Crippen molar-refractivity contribution in [3.05, 3.63) is 45.4 Å². The summed E-state index contributed by atoms with van der Waals surface area (Å²) < 4.78 is 0. The SMILES string of the molecule is Cc1ncsc1C(C)N1C(=O)c2cccc(N)c2C1=O.